The fourth-order valence-electron chi connectivity index (χ4n) is 1.91. The molecule has 0 heterocycles. The zero-order valence-corrected chi connectivity index (χ0v) is 11.5. The fourth-order valence-corrected chi connectivity index (χ4v) is 1.91. The Bertz CT molecular complexity index is 647. The molecule has 0 aliphatic rings. The Morgan fingerprint density at radius 3 is 2.71 bits per heavy atom. The molecule has 0 bridgehead atoms. The minimum Gasteiger partial charge on any atom is -0.482 e. The van der Waals surface area contributed by atoms with Crippen molar-refractivity contribution in [3.05, 3.63) is 69.5 Å². The second-order valence-electron chi connectivity index (χ2n) is 4.47. The molecule has 0 spiro atoms. The van der Waals surface area contributed by atoms with Crippen LogP contribution in [0, 0.1) is 15.9 Å². The van der Waals surface area contributed by atoms with Crippen LogP contribution in [0.1, 0.15) is 11.1 Å². The highest BCUT2D eigenvalue weighted by Gasteiger charge is 2.16. The summed E-state index contributed by atoms with van der Waals surface area (Å²) >= 11 is 0. The number of ether oxygens (including phenoxy) is 1. The van der Waals surface area contributed by atoms with E-state index in [9.17, 15) is 14.5 Å². The minimum absolute atomic E-state index is 0.0567. The molecule has 0 saturated heterocycles. The van der Waals surface area contributed by atoms with Gasteiger partial charge in [-0.3, -0.25) is 10.1 Å². The first kappa shape index (κ1) is 14.9. The average molecular weight is 290 g/mol. The number of benzene rings is 2. The molecule has 0 radical (unpaired) electrons. The molecular formula is C15H15FN2O3. The molecule has 0 saturated carbocycles. The Labute approximate surface area is 121 Å². The topological polar surface area (TPSA) is 64.4 Å². The van der Waals surface area contributed by atoms with Gasteiger partial charge in [0.15, 0.2) is 5.75 Å². The molecule has 2 aromatic rings. The van der Waals surface area contributed by atoms with Crippen molar-refractivity contribution >= 4 is 5.69 Å². The first-order valence-electron chi connectivity index (χ1n) is 6.40. The molecule has 0 fully saturated rings. The normalized spacial score (nSPS) is 10.4. The number of hydrogen-bond donors (Lipinski definition) is 1. The molecule has 0 amide bonds. The maximum Gasteiger partial charge on any atom is 0.311 e. The van der Waals surface area contributed by atoms with E-state index in [-0.39, 0.29) is 18.0 Å². The van der Waals surface area contributed by atoms with E-state index in [0.29, 0.717) is 12.1 Å². The van der Waals surface area contributed by atoms with E-state index in [1.807, 2.05) is 0 Å². The molecule has 1 N–H and O–H groups in total. The molecule has 2 aromatic carbocycles. The molecule has 0 aliphatic carbocycles. The van der Waals surface area contributed by atoms with Crippen molar-refractivity contribution in [2.24, 2.45) is 0 Å². The van der Waals surface area contributed by atoms with E-state index in [0.717, 1.165) is 5.56 Å². The number of nitrogens with zero attached hydrogens (tertiary/aromatic N) is 1. The zero-order valence-electron chi connectivity index (χ0n) is 11.5. The highest BCUT2D eigenvalue weighted by atomic mass is 19.1. The van der Waals surface area contributed by atoms with Gasteiger partial charge in [-0.25, -0.2) is 4.39 Å². The number of hydrogen-bond acceptors (Lipinski definition) is 4. The van der Waals surface area contributed by atoms with Crippen molar-refractivity contribution in [1.29, 1.82) is 0 Å². The summed E-state index contributed by atoms with van der Waals surface area (Å²) in [6.45, 7) is 0.466. The Morgan fingerprint density at radius 2 is 2.05 bits per heavy atom. The summed E-state index contributed by atoms with van der Waals surface area (Å²) < 4.78 is 18.9. The van der Waals surface area contributed by atoms with Crippen LogP contribution in [-0.2, 0) is 13.2 Å². The second kappa shape index (κ2) is 6.81. The van der Waals surface area contributed by atoms with Crippen LogP contribution in [0.5, 0.6) is 5.75 Å². The number of nitro groups is 1. The van der Waals surface area contributed by atoms with E-state index in [1.54, 1.807) is 31.3 Å². The molecule has 5 nitrogen and oxygen atoms in total. The molecule has 110 valence electrons. The maximum atomic E-state index is 13.5. The largest absolute Gasteiger partial charge is 0.482 e. The molecule has 0 aromatic heterocycles. The van der Waals surface area contributed by atoms with Gasteiger partial charge in [0.05, 0.1) is 4.92 Å². The summed E-state index contributed by atoms with van der Waals surface area (Å²) in [5, 5.41) is 14.0. The van der Waals surface area contributed by atoms with Crippen molar-refractivity contribution in [3.8, 4) is 5.75 Å². The fraction of sp³-hybridized carbons (Fsp3) is 0.200. The summed E-state index contributed by atoms with van der Waals surface area (Å²) in [4.78, 5) is 10.6. The van der Waals surface area contributed by atoms with E-state index in [2.05, 4.69) is 5.32 Å². The molecule has 21 heavy (non-hydrogen) atoms. The number of nitrogens with one attached hydrogen (secondary N) is 1. The molecule has 0 unspecified atom stereocenters. The molecule has 0 aliphatic heterocycles. The van der Waals surface area contributed by atoms with Crippen LogP contribution < -0.4 is 10.1 Å². The minimum atomic E-state index is -0.504. The van der Waals surface area contributed by atoms with Crippen molar-refractivity contribution in [1.82, 2.24) is 5.32 Å². The summed E-state index contributed by atoms with van der Waals surface area (Å²) in [5.41, 5.74) is 1.01. The predicted octanol–water partition coefficient (Wildman–Crippen LogP) is 3.03. The Kier molecular flexibility index (Phi) is 4.84. The first-order chi connectivity index (χ1) is 10.1. The number of halogens is 1. The molecule has 2 rings (SSSR count). The van der Waals surface area contributed by atoms with Crippen LogP contribution in [0.25, 0.3) is 0 Å². The van der Waals surface area contributed by atoms with E-state index < -0.39 is 10.7 Å². The Morgan fingerprint density at radius 1 is 1.29 bits per heavy atom. The smallest absolute Gasteiger partial charge is 0.311 e. The second-order valence-corrected chi connectivity index (χ2v) is 4.47. The van der Waals surface area contributed by atoms with Gasteiger partial charge in [-0.05, 0) is 24.7 Å². The van der Waals surface area contributed by atoms with Crippen molar-refractivity contribution in [2.75, 3.05) is 7.05 Å². The van der Waals surface area contributed by atoms with Gasteiger partial charge >= 0.3 is 5.69 Å². The van der Waals surface area contributed by atoms with Crippen LogP contribution in [0.15, 0.2) is 42.5 Å². The molecule has 0 atom stereocenters. The van der Waals surface area contributed by atoms with Gasteiger partial charge in [0.1, 0.15) is 12.4 Å². The van der Waals surface area contributed by atoms with Gasteiger partial charge in [0.2, 0.25) is 0 Å². The van der Waals surface area contributed by atoms with Crippen LogP contribution in [0.2, 0.25) is 0 Å². The standard InChI is InChI=1S/C15H15FN2O3/c1-17-9-11-6-7-15(14(8-11)18(19)20)21-10-12-4-2-3-5-13(12)16/h2-8,17H,9-10H2,1H3. The lowest BCUT2D eigenvalue weighted by Crippen LogP contribution is -2.06. The van der Waals surface area contributed by atoms with Crippen molar-refractivity contribution in [2.45, 2.75) is 13.2 Å². The number of nitro benzene ring substituents is 1. The van der Waals surface area contributed by atoms with E-state index in [4.69, 9.17) is 4.74 Å². The van der Waals surface area contributed by atoms with Crippen LogP contribution in [-0.4, -0.2) is 12.0 Å². The quantitative estimate of drug-likeness (QED) is 0.656. The lowest BCUT2D eigenvalue weighted by atomic mass is 10.2. The third kappa shape index (κ3) is 3.76. The third-order valence-electron chi connectivity index (χ3n) is 2.94. The first-order valence-corrected chi connectivity index (χ1v) is 6.40. The lowest BCUT2D eigenvalue weighted by Gasteiger charge is -2.09. The monoisotopic (exact) mass is 290 g/mol. The summed E-state index contributed by atoms with van der Waals surface area (Å²) in [6.07, 6.45) is 0. The van der Waals surface area contributed by atoms with E-state index in [1.165, 1.54) is 18.2 Å². The molecule has 6 heteroatoms. The van der Waals surface area contributed by atoms with Crippen LogP contribution in [0.4, 0.5) is 10.1 Å². The van der Waals surface area contributed by atoms with Gasteiger partial charge in [0.25, 0.3) is 0 Å². The Hall–Kier alpha value is -2.47. The Balaban J connectivity index is 2.19. The third-order valence-corrected chi connectivity index (χ3v) is 2.94. The predicted molar refractivity (Wildman–Crippen MR) is 76.6 cm³/mol. The zero-order chi connectivity index (χ0) is 15.2. The highest BCUT2D eigenvalue weighted by molar-refractivity contribution is 5.48. The lowest BCUT2D eigenvalue weighted by molar-refractivity contribution is -0.386. The van der Waals surface area contributed by atoms with Crippen LogP contribution >= 0.6 is 0 Å². The van der Waals surface area contributed by atoms with Gasteiger partial charge < -0.3 is 10.1 Å². The van der Waals surface area contributed by atoms with Gasteiger partial charge in [-0.1, -0.05) is 24.3 Å². The maximum absolute atomic E-state index is 13.5. The summed E-state index contributed by atoms with van der Waals surface area (Å²) in [5.74, 6) is -0.268. The van der Waals surface area contributed by atoms with E-state index >= 15 is 0 Å². The highest BCUT2D eigenvalue weighted by Crippen LogP contribution is 2.29. The van der Waals surface area contributed by atoms with Gasteiger partial charge in [-0.15, -0.1) is 0 Å². The van der Waals surface area contributed by atoms with Crippen molar-refractivity contribution in [3.63, 3.8) is 0 Å². The number of rotatable bonds is 6. The van der Waals surface area contributed by atoms with Gasteiger partial charge in [-0.2, -0.15) is 0 Å². The average Bonchev–Trinajstić information content (AvgIpc) is 2.47. The summed E-state index contributed by atoms with van der Waals surface area (Å²) in [7, 11) is 1.76. The SMILES string of the molecule is CNCc1ccc(OCc2ccccc2F)c([N+](=O)[O-])c1. The van der Waals surface area contributed by atoms with Gasteiger partial charge in [0, 0.05) is 18.2 Å². The summed E-state index contributed by atoms with van der Waals surface area (Å²) in [6, 6.07) is 10.9. The van der Waals surface area contributed by atoms with Crippen LogP contribution in [0.3, 0.4) is 0 Å². The molecular weight excluding hydrogens is 275 g/mol. The van der Waals surface area contributed by atoms with Crippen molar-refractivity contribution < 1.29 is 14.1 Å².